The number of carboxylic acids is 1. The van der Waals surface area contributed by atoms with E-state index in [9.17, 15) is 9.90 Å². The van der Waals surface area contributed by atoms with E-state index in [0.717, 1.165) is 13.0 Å². The summed E-state index contributed by atoms with van der Waals surface area (Å²) < 4.78 is 5.07. The molecule has 0 spiro atoms. The molecule has 0 radical (unpaired) electrons. The summed E-state index contributed by atoms with van der Waals surface area (Å²) in [6.45, 7) is 4.18. The van der Waals surface area contributed by atoms with Crippen molar-refractivity contribution in [3.63, 3.8) is 0 Å². The first kappa shape index (κ1) is 14.0. The average Bonchev–Trinajstić information content (AvgIpc) is 2.32. The number of likely N-dealkylation sites (N-methyl/N-ethyl adjacent to an activating group) is 1. The summed E-state index contributed by atoms with van der Waals surface area (Å²) in [5, 5.41) is 9.26. The molecule has 0 bridgehead atoms. The molecule has 0 aromatic heterocycles. The fraction of sp³-hybridized carbons (Fsp3) is 0.533. The summed E-state index contributed by atoms with van der Waals surface area (Å²) in [5.41, 5.74) is 1.92. The molecule has 1 saturated heterocycles. The lowest BCUT2D eigenvalue weighted by Crippen LogP contribution is -2.55. The lowest BCUT2D eigenvalue weighted by molar-refractivity contribution is -0.182. The average molecular weight is 263 g/mol. The van der Waals surface area contributed by atoms with Crippen molar-refractivity contribution in [3.8, 4) is 0 Å². The maximum absolute atomic E-state index is 11.3. The fourth-order valence-electron chi connectivity index (χ4n) is 2.43. The molecule has 1 aliphatic rings. The van der Waals surface area contributed by atoms with Gasteiger partial charge in [-0.15, -0.1) is 0 Å². The molecule has 0 unspecified atom stereocenters. The highest BCUT2D eigenvalue weighted by molar-refractivity contribution is 5.76. The Labute approximate surface area is 114 Å². The summed E-state index contributed by atoms with van der Waals surface area (Å²) in [6, 6.07) is 8.31. The van der Waals surface area contributed by atoms with Crippen LogP contribution in [0.2, 0.25) is 0 Å². The molecule has 1 aliphatic heterocycles. The van der Waals surface area contributed by atoms with Gasteiger partial charge in [0.1, 0.15) is 5.41 Å². The van der Waals surface area contributed by atoms with Crippen LogP contribution in [0.4, 0.5) is 0 Å². The van der Waals surface area contributed by atoms with Crippen LogP contribution in [0, 0.1) is 12.3 Å². The molecule has 1 aromatic carbocycles. The minimum Gasteiger partial charge on any atom is -0.481 e. The minimum absolute atomic E-state index is 0.330. The van der Waals surface area contributed by atoms with Crippen LogP contribution in [0.3, 0.4) is 0 Å². The van der Waals surface area contributed by atoms with Crippen molar-refractivity contribution in [3.05, 3.63) is 35.4 Å². The van der Waals surface area contributed by atoms with E-state index in [2.05, 4.69) is 24.0 Å². The third-order valence-electron chi connectivity index (χ3n) is 3.81. The molecule has 4 heteroatoms. The summed E-state index contributed by atoms with van der Waals surface area (Å²) in [6.07, 6.45) is 0.944. The predicted octanol–water partition coefficient (Wildman–Crippen LogP) is 1.57. The van der Waals surface area contributed by atoms with Gasteiger partial charge in [0.2, 0.25) is 0 Å². The Balaban J connectivity index is 1.87. The van der Waals surface area contributed by atoms with Crippen LogP contribution >= 0.6 is 0 Å². The third kappa shape index (κ3) is 3.14. The van der Waals surface area contributed by atoms with Gasteiger partial charge >= 0.3 is 5.97 Å². The van der Waals surface area contributed by atoms with Crippen molar-refractivity contribution in [2.45, 2.75) is 13.3 Å². The van der Waals surface area contributed by atoms with Gasteiger partial charge < -0.3 is 14.7 Å². The normalized spacial score (nSPS) is 17.2. The maximum Gasteiger partial charge on any atom is 0.315 e. The van der Waals surface area contributed by atoms with Gasteiger partial charge in [0.05, 0.1) is 13.2 Å². The molecule has 1 N–H and O–H groups in total. The first-order valence-corrected chi connectivity index (χ1v) is 6.58. The largest absolute Gasteiger partial charge is 0.481 e. The highest BCUT2D eigenvalue weighted by Crippen LogP contribution is 2.28. The number of carbonyl (C=O) groups is 1. The van der Waals surface area contributed by atoms with E-state index in [1.165, 1.54) is 11.1 Å². The Morgan fingerprint density at radius 2 is 2.11 bits per heavy atom. The van der Waals surface area contributed by atoms with Crippen molar-refractivity contribution >= 4 is 5.97 Å². The first-order chi connectivity index (χ1) is 9.03. The van der Waals surface area contributed by atoms with Gasteiger partial charge in [0.15, 0.2) is 0 Å². The number of benzene rings is 1. The second-order valence-electron chi connectivity index (χ2n) is 5.49. The van der Waals surface area contributed by atoms with E-state index in [1.54, 1.807) is 0 Å². The van der Waals surface area contributed by atoms with Crippen LogP contribution in [0.25, 0.3) is 0 Å². The van der Waals surface area contributed by atoms with Crippen molar-refractivity contribution in [2.24, 2.45) is 5.41 Å². The molecular formula is C15H21NO3. The third-order valence-corrected chi connectivity index (χ3v) is 3.81. The SMILES string of the molecule is Cc1ccccc1CCN(C)CC1(C(=O)O)COC1. The topological polar surface area (TPSA) is 49.8 Å². The Bertz CT molecular complexity index is 454. The Morgan fingerprint density at radius 3 is 2.63 bits per heavy atom. The van der Waals surface area contributed by atoms with Gasteiger partial charge in [-0.25, -0.2) is 0 Å². The number of aryl methyl sites for hydroxylation is 1. The van der Waals surface area contributed by atoms with Gasteiger partial charge in [-0.05, 0) is 31.5 Å². The van der Waals surface area contributed by atoms with Crippen LogP contribution in [0.1, 0.15) is 11.1 Å². The van der Waals surface area contributed by atoms with Gasteiger partial charge in [-0.3, -0.25) is 4.79 Å². The molecule has 1 aromatic rings. The number of ether oxygens (including phenoxy) is 1. The van der Waals surface area contributed by atoms with Crippen molar-refractivity contribution in [1.82, 2.24) is 4.90 Å². The number of nitrogens with zero attached hydrogens (tertiary/aromatic N) is 1. The first-order valence-electron chi connectivity index (χ1n) is 6.58. The molecule has 0 atom stereocenters. The van der Waals surface area contributed by atoms with Crippen molar-refractivity contribution in [2.75, 3.05) is 33.4 Å². The zero-order valence-electron chi connectivity index (χ0n) is 11.6. The van der Waals surface area contributed by atoms with Crippen LogP contribution in [-0.4, -0.2) is 49.3 Å². The lowest BCUT2D eigenvalue weighted by atomic mass is 9.85. The molecule has 2 rings (SSSR count). The van der Waals surface area contributed by atoms with Crippen LogP contribution in [0.15, 0.2) is 24.3 Å². The second kappa shape index (κ2) is 5.72. The van der Waals surface area contributed by atoms with E-state index in [4.69, 9.17) is 4.74 Å². The zero-order valence-corrected chi connectivity index (χ0v) is 11.6. The van der Waals surface area contributed by atoms with Crippen LogP contribution in [-0.2, 0) is 16.0 Å². The predicted molar refractivity (Wildman–Crippen MR) is 73.3 cm³/mol. The lowest BCUT2D eigenvalue weighted by Gasteiger charge is -2.40. The molecule has 4 nitrogen and oxygen atoms in total. The summed E-state index contributed by atoms with van der Waals surface area (Å²) >= 11 is 0. The zero-order chi connectivity index (χ0) is 13.9. The number of rotatable bonds is 6. The Morgan fingerprint density at radius 1 is 1.42 bits per heavy atom. The number of hydrogen-bond donors (Lipinski definition) is 1. The number of carboxylic acid groups (broad SMARTS) is 1. The number of aliphatic carboxylic acids is 1. The molecule has 19 heavy (non-hydrogen) atoms. The molecule has 104 valence electrons. The molecular weight excluding hydrogens is 242 g/mol. The fourth-order valence-corrected chi connectivity index (χ4v) is 2.43. The van der Waals surface area contributed by atoms with Crippen molar-refractivity contribution in [1.29, 1.82) is 0 Å². The summed E-state index contributed by atoms with van der Waals surface area (Å²) in [7, 11) is 1.97. The van der Waals surface area contributed by atoms with Crippen molar-refractivity contribution < 1.29 is 14.6 Å². The van der Waals surface area contributed by atoms with E-state index < -0.39 is 11.4 Å². The maximum atomic E-state index is 11.3. The van der Waals surface area contributed by atoms with E-state index in [0.29, 0.717) is 19.8 Å². The Kier molecular flexibility index (Phi) is 4.22. The summed E-state index contributed by atoms with van der Waals surface area (Å²) in [5.74, 6) is -0.749. The van der Waals surface area contributed by atoms with Crippen LogP contribution in [0.5, 0.6) is 0 Å². The molecule has 0 aliphatic carbocycles. The van der Waals surface area contributed by atoms with E-state index >= 15 is 0 Å². The molecule has 1 heterocycles. The van der Waals surface area contributed by atoms with Gasteiger partial charge in [-0.1, -0.05) is 24.3 Å². The quantitative estimate of drug-likeness (QED) is 0.846. The van der Waals surface area contributed by atoms with Crippen LogP contribution < -0.4 is 0 Å². The molecule has 0 amide bonds. The van der Waals surface area contributed by atoms with E-state index in [1.807, 2.05) is 19.2 Å². The molecule has 0 saturated carbocycles. The second-order valence-corrected chi connectivity index (χ2v) is 5.49. The highest BCUT2D eigenvalue weighted by atomic mass is 16.5. The van der Waals surface area contributed by atoms with Gasteiger partial charge in [0.25, 0.3) is 0 Å². The standard InChI is InChI=1S/C15H21NO3/c1-12-5-3-4-6-13(12)7-8-16(2)9-15(14(17)18)10-19-11-15/h3-6H,7-11H2,1-2H3,(H,17,18). The van der Waals surface area contributed by atoms with Gasteiger partial charge in [-0.2, -0.15) is 0 Å². The smallest absolute Gasteiger partial charge is 0.315 e. The van der Waals surface area contributed by atoms with Gasteiger partial charge in [0, 0.05) is 13.1 Å². The Hall–Kier alpha value is -1.39. The van der Waals surface area contributed by atoms with E-state index in [-0.39, 0.29) is 0 Å². The number of hydrogen-bond acceptors (Lipinski definition) is 3. The molecule has 1 fully saturated rings. The minimum atomic E-state index is -0.749. The summed E-state index contributed by atoms with van der Waals surface area (Å²) in [4.78, 5) is 13.3. The monoisotopic (exact) mass is 263 g/mol. The highest BCUT2D eigenvalue weighted by Gasteiger charge is 2.46.